The van der Waals surface area contributed by atoms with E-state index < -0.39 is 18.1 Å². The maximum atomic E-state index is 11.9. The predicted octanol–water partition coefficient (Wildman–Crippen LogP) is -0.668. The number of amides is 1. The molecule has 7 nitrogen and oxygen atoms in total. The van der Waals surface area contributed by atoms with Gasteiger partial charge in [0.15, 0.2) is 0 Å². The fraction of sp³-hybridized carbons (Fsp3) is 0.273. The molecule has 1 aromatic rings. The van der Waals surface area contributed by atoms with Gasteiger partial charge in [-0.15, -0.1) is 0 Å². The quantitative estimate of drug-likeness (QED) is 0.486. The van der Waals surface area contributed by atoms with E-state index in [9.17, 15) is 9.59 Å². The summed E-state index contributed by atoms with van der Waals surface area (Å²) in [5.74, 6) is -1.67. The zero-order chi connectivity index (χ0) is 13.1. The van der Waals surface area contributed by atoms with Gasteiger partial charge >= 0.3 is 5.97 Å². The van der Waals surface area contributed by atoms with E-state index in [1.165, 1.54) is 12.1 Å². The number of hydrogen-bond acceptors (Lipinski definition) is 5. The number of carboxylic acids is 1. The van der Waals surface area contributed by atoms with Crippen molar-refractivity contribution >= 4 is 17.6 Å². The van der Waals surface area contributed by atoms with E-state index in [0.29, 0.717) is 12.2 Å². The van der Waals surface area contributed by atoms with Crippen molar-refractivity contribution in [3.63, 3.8) is 0 Å². The van der Waals surface area contributed by atoms with Gasteiger partial charge in [0.25, 0.3) is 0 Å². The maximum absolute atomic E-state index is 11.9. The van der Waals surface area contributed by atoms with Gasteiger partial charge in [-0.25, -0.2) is 10.2 Å². The van der Waals surface area contributed by atoms with Gasteiger partial charge in [-0.05, 0) is 18.2 Å². The van der Waals surface area contributed by atoms with Crippen LogP contribution in [-0.4, -0.2) is 29.7 Å². The first-order chi connectivity index (χ1) is 8.58. The number of benzene rings is 1. The van der Waals surface area contributed by atoms with Crippen molar-refractivity contribution in [1.82, 2.24) is 10.9 Å². The molecule has 1 saturated heterocycles. The third kappa shape index (κ3) is 2.65. The molecule has 2 unspecified atom stereocenters. The van der Waals surface area contributed by atoms with Gasteiger partial charge in [-0.2, -0.15) is 0 Å². The summed E-state index contributed by atoms with van der Waals surface area (Å²) < 4.78 is 0. The van der Waals surface area contributed by atoms with Gasteiger partial charge in [0, 0.05) is 12.2 Å². The molecule has 0 radical (unpaired) electrons. The predicted molar refractivity (Wildman–Crippen MR) is 64.6 cm³/mol. The Morgan fingerprint density at radius 1 is 1.44 bits per heavy atom. The molecule has 1 aliphatic heterocycles. The molecule has 0 saturated carbocycles. The first-order valence-corrected chi connectivity index (χ1v) is 5.46. The van der Waals surface area contributed by atoms with Gasteiger partial charge in [-0.1, -0.05) is 6.07 Å². The van der Waals surface area contributed by atoms with Crippen LogP contribution in [0.15, 0.2) is 24.3 Å². The summed E-state index contributed by atoms with van der Waals surface area (Å²) in [6.45, 7) is 0.436. The highest BCUT2D eigenvalue weighted by molar-refractivity contribution is 5.95. The van der Waals surface area contributed by atoms with E-state index in [0.717, 1.165) is 0 Å². The van der Waals surface area contributed by atoms with Crippen molar-refractivity contribution in [3.8, 4) is 0 Å². The third-order valence-electron chi connectivity index (χ3n) is 2.74. The van der Waals surface area contributed by atoms with Crippen LogP contribution in [0.5, 0.6) is 0 Å². The van der Waals surface area contributed by atoms with Crippen molar-refractivity contribution in [1.29, 1.82) is 0 Å². The Morgan fingerprint density at radius 3 is 2.83 bits per heavy atom. The average molecular weight is 250 g/mol. The van der Waals surface area contributed by atoms with Crippen LogP contribution in [0.1, 0.15) is 10.4 Å². The Morgan fingerprint density at radius 2 is 2.22 bits per heavy atom. The minimum Gasteiger partial charge on any atom is -0.478 e. The van der Waals surface area contributed by atoms with E-state index in [1.807, 2.05) is 0 Å². The first-order valence-electron chi connectivity index (χ1n) is 5.46. The second-order valence-electron chi connectivity index (χ2n) is 4.03. The number of rotatable bonds is 3. The van der Waals surface area contributed by atoms with Gasteiger partial charge in [0.1, 0.15) is 0 Å². The number of carbonyl (C=O) groups is 2. The van der Waals surface area contributed by atoms with Gasteiger partial charge in [0.05, 0.1) is 17.6 Å². The monoisotopic (exact) mass is 250 g/mol. The molecule has 96 valence electrons. The summed E-state index contributed by atoms with van der Waals surface area (Å²) in [4.78, 5) is 22.7. The highest BCUT2D eigenvalue weighted by Crippen LogP contribution is 2.13. The number of nitrogens with two attached hydrogens (primary N) is 1. The Kier molecular flexibility index (Phi) is 3.56. The van der Waals surface area contributed by atoms with Crippen molar-refractivity contribution in [3.05, 3.63) is 29.8 Å². The lowest BCUT2D eigenvalue weighted by Crippen LogP contribution is -2.43. The Bertz CT molecular complexity index is 477. The number of carbonyl (C=O) groups excluding carboxylic acids is 1. The second-order valence-corrected chi connectivity index (χ2v) is 4.03. The highest BCUT2D eigenvalue weighted by atomic mass is 16.4. The minimum atomic E-state index is -1.04. The number of nitrogens with one attached hydrogen (secondary N) is 3. The molecule has 0 spiro atoms. The Labute approximate surface area is 103 Å². The minimum absolute atomic E-state index is 0.125. The van der Waals surface area contributed by atoms with Crippen LogP contribution in [0.2, 0.25) is 0 Å². The Balaban J connectivity index is 2.07. The molecule has 0 aromatic heterocycles. The lowest BCUT2D eigenvalue weighted by atomic mass is 10.1. The van der Waals surface area contributed by atoms with Crippen molar-refractivity contribution in [2.24, 2.45) is 11.7 Å². The molecule has 1 heterocycles. The van der Waals surface area contributed by atoms with Crippen molar-refractivity contribution in [2.45, 2.75) is 6.17 Å². The molecule has 2 atom stereocenters. The third-order valence-corrected chi connectivity index (χ3v) is 2.74. The van der Waals surface area contributed by atoms with Crippen LogP contribution in [0, 0.1) is 5.92 Å². The van der Waals surface area contributed by atoms with Crippen LogP contribution in [0.3, 0.4) is 0 Å². The van der Waals surface area contributed by atoms with Crippen LogP contribution in [0.25, 0.3) is 0 Å². The van der Waals surface area contributed by atoms with Gasteiger partial charge in [0.2, 0.25) is 5.91 Å². The standard InChI is InChI=1S/C11H14N4O3/c12-9-8(5-13-15-9)10(16)14-7-3-1-2-6(4-7)11(17)18/h1-4,8-9,13,15H,5,12H2,(H,14,16)(H,17,18). The smallest absolute Gasteiger partial charge is 0.335 e. The molecule has 2 rings (SSSR count). The molecule has 1 aromatic carbocycles. The topological polar surface area (TPSA) is 116 Å². The average Bonchev–Trinajstić information content (AvgIpc) is 2.76. The van der Waals surface area contributed by atoms with Crippen molar-refractivity contribution < 1.29 is 14.7 Å². The molecule has 6 N–H and O–H groups in total. The van der Waals surface area contributed by atoms with Crippen LogP contribution < -0.4 is 21.9 Å². The summed E-state index contributed by atoms with van der Waals surface area (Å²) in [6, 6.07) is 6.07. The highest BCUT2D eigenvalue weighted by Gasteiger charge is 2.30. The molecule has 0 aliphatic carbocycles. The number of anilines is 1. The number of hydrazine groups is 1. The Hall–Kier alpha value is -1.96. The summed E-state index contributed by atoms with van der Waals surface area (Å²) in [5, 5.41) is 11.5. The molecule has 0 bridgehead atoms. The zero-order valence-electron chi connectivity index (χ0n) is 9.51. The number of aromatic carboxylic acids is 1. The molecular weight excluding hydrogens is 236 g/mol. The van der Waals surface area contributed by atoms with E-state index >= 15 is 0 Å². The SMILES string of the molecule is NC1NNCC1C(=O)Nc1cccc(C(=O)O)c1. The summed E-state index contributed by atoms with van der Waals surface area (Å²) in [5.41, 5.74) is 11.8. The van der Waals surface area contributed by atoms with Crippen LogP contribution >= 0.6 is 0 Å². The zero-order valence-corrected chi connectivity index (χ0v) is 9.51. The van der Waals surface area contributed by atoms with E-state index in [1.54, 1.807) is 12.1 Å². The summed E-state index contributed by atoms with van der Waals surface area (Å²) in [6.07, 6.45) is -0.451. The molecule has 1 aliphatic rings. The number of hydrogen-bond donors (Lipinski definition) is 5. The van der Waals surface area contributed by atoms with Gasteiger partial charge in [-0.3, -0.25) is 10.2 Å². The largest absolute Gasteiger partial charge is 0.478 e. The fourth-order valence-corrected chi connectivity index (χ4v) is 1.74. The molecular formula is C11H14N4O3. The van der Waals surface area contributed by atoms with Crippen molar-refractivity contribution in [2.75, 3.05) is 11.9 Å². The molecule has 7 heteroatoms. The van der Waals surface area contributed by atoms with Gasteiger partial charge < -0.3 is 16.2 Å². The fourth-order valence-electron chi connectivity index (χ4n) is 1.74. The van der Waals surface area contributed by atoms with Crippen LogP contribution in [0.4, 0.5) is 5.69 Å². The molecule has 18 heavy (non-hydrogen) atoms. The van der Waals surface area contributed by atoms with Crippen LogP contribution in [-0.2, 0) is 4.79 Å². The van der Waals surface area contributed by atoms with E-state index in [2.05, 4.69) is 16.2 Å². The second kappa shape index (κ2) is 5.13. The first kappa shape index (κ1) is 12.5. The van der Waals surface area contributed by atoms with E-state index in [4.69, 9.17) is 10.8 Å². The summed E-state index contributed by atoms with van der Waals surface area (Å²) >= 11 is 0. The maximum Gasteiger partial charge on any atom is 0.335 e. The van der Waals surface area contributed by atoms with E-state index in [-0.39, 0.29) is 11.5 Å². The normalized spacial score (nSPS) is 22.7. The molecule has 1 fully saturated rings. The molecule has 1 amide bonds. The summed E-state index contributed by atoms with van der Waals surface area (Å²) in [7, 11) is 0. The lowest BCUT2D eigenvalue weighted by molar-refractivity contribution is -0.119. The number of carboxylic acid groups (broad SMARTS) is 1. The lowest BCUT2D eigenvalue weighted by Gasteiger charge is -2.13.